The van der Waals surface area contributed by atoms with Gasteiger partial charge in [-0.15, -0.1) is 10.2 Å². The molecule has 1 atom stereocenters. The van der Waals surface area contributed by atoms with Crippen molar-refractivity contribution in [3.63, 3.8) is 0 Å². The number of aromatic nitrogens is 3. The molecule has 0 radical (unpaired) electrons. The number of carbonyl (C=O) groups excluding carboxylic acids is 1. The molecular weight excluding hydrogens is 328 g/mol. The topological polar surface area (TPSA) is 93.4 Å². The molecule has 2 heterocycles. The van der Waals surface area contributed by atoms with E-state index >= 15 is 0 Å². The SMILES string of the molecule is CC(NC(=O)c1cccc(S(C)(=O)=O)c1)c1nnc2ccccn12. The van der Waals surface area contributed by atoms with Gasteiger partial charge in [0.15, 0.2) is 21.3 Å². The predicted molar refractivity (Wildman–Crippen MR) is 88.4 cm³/mol. The van der Waals surface area contributed by atoms with Crippen LogP contribution in [0.15, 0.2) is 53.6 Å². The zero-order valence-electron chi connectivity index (χ0n) is 13.2. The van der Waals surface area contributed by atoms with Crippen LogP contribution in [-0.4, -0.2) is 35.2 Å². The van der Waals surface area contributed by atoms with Gasteiger partial charge in [0.25, 0.3) is 5.91 Å². The van der Waals surface area contributed by atoms with Crippen LogP contribution in [0, 0.1) is 0 Å². The van der Waals surface area contributed by atoms with Gasteiger partial charge in [-0.2, -0.15) is 0 Å². The number of nitrogens with one attached hydrogen (secondary N) is 1. The molecule has 0 aliphatic heterocycles. The number of amides is 1. The van der Waals surface area contributed by atoms with Crippen LogP contribution in [-0.2, 0) is 9.84 Å². The number of benzene rings is 1. The van der Waals surface area contributed by atoms with Crippen LogP contribution in [0.4, 0.5) is 0 Å². The first kappa shape index (κ1) is 16.1. The molecule has 0 bridgehead atoms. The molecule has 0 saturated heterocycles. The Morgan fingerprint density at radius 1 is 1.17 bits per heavy atom. The lowest BCUT2D eigenvalue weighted by molar-refractivity contribution is 0.0938. The van der Waals surface area contributed by atoms with Gasteiger partial charge in [-0.1, -0.05) is 12.1 Å². The molecule has 1 N–H and O–H groups in total. The van der Waals surface area contributed by atoms with Crippen molar-refractivity contribution in [3.8, 4) is 0 Å². The van der Waals surface area contributed by atoms with Gasteiger partial charge in [0.1, 0.15) is 0 Å². The van der Waals surface area contributed by atoms with Crippen molar-refractivity contribution in [1.29, 1.82) is 0 Å². The normalized spacial score (nSPS) is 12.9. The average Bonchev–Trinajstić information content (AvgIpc) is 2.98. The lowest BCUT2D eigenvalue weighted by Crippen LogP contribution is -2.28. The molecule has 124 valence electrons. The highest BCUT2D eigenvalue weighted by molar-refractivity contribution is 7.90. The Kier molecular flexibility index (Phi) is 4.06. The van der Waals surface area contributed by atoms with Crippen LogP contribution >= 0.6 is 0 Å². The lowest BCUT2D eigenvalue weighted by Gasteiger charge is -2.12. The second kappa shape index (κ2) is 6.04. The maximum Gasteiger partial charge on any atom is 0.251 e. The van der Waals surface area contributed by atoms with E-state index in [1.165, 1.54) is 12.1 Å². The summed E-state index contributed by atoms with van der Waals surface area (Å²) < 4.78 is 25.0. The van der Waals surface area contributed by atoms with Crippen molar-refractivity contribution in [2.24, 2.45) is 0 Å². The minimum Gasteiger partial charge on any atom is -0.342 e. The van der Waals surface area contributed by atoms with E-state index in [9.17, 15) is 13.2 Å². The second-order valence-corrected chi connectivity index (χ2v) is 7.50. The maximum absolute atomic E-state index is 12.4. The summed E-state index contributed by atoms with van der Waals surface area (Å²) in [6.07, 6.45) is 2.92. The van der Waals surface area contributed by atoms with E-state index in [1.807, 2.05) is 24.4 Å². The van der Waals surface area contributed by atoms with Gasteiger partial charge in [0.2, 0.25) is 0 Å². The molecule has 1 amide bonds. The number of hydrogen-bond acceptors (Lipinski definition) is 5. The number of pyridine rings is 1. The average molecular weight is 344 g/mol. The first-order chi connectivity index (χ1) is 11.4. The van der Waals surface area contributed by atoms with Gasteiger partial charge < -0.3 is 5.32 Å². The van der Waals surface area contributed by atoms with Crippen molar-refractivity contribution in [2.45, 2.75) is 17.9 Å². The van der Waals surface area contributed by atoms with Gasteiger partial charge in [0.05, 0.1) is 10.9 Å². The third-order valence-electron chi connectivity index (χ3n) is 3.60. The Morgan fingerprint density at radius 3 is 2.71 bits per heavy atom. The van der Waals surface area contributed by atoms with Crippen LogP contribution in [0.25, 0.3) is 5.65 Å². The molecular formula is C16H16N4O3S. The van der Waals surface area contributed by atoms with Crippen LogP contribution in [0.1, 0.15) is 29.1 Å². The summed E-state index contributed by atoms with van der Waals surface area (Å²) in [5, 5.41) is 11.0. The van der Waals surface area contributed by atoms with Crippen LogP contribution in [0.2, 0.25) is 0 Å². The van der Waals surface area contributed by atoms with E-state index in [-0.39, 0.29) is 16.4 Å². The summed E-state index contributed by atoms with van der Waals surface area (Å²) in [6, 6.07) is 11.1. The molecule has 0 aliphatic carbocycles. The summed E-state index contributed by atoms with van der Waals surface area (Å²) in [5.74, 6) is 0.221. The Bertz CT molecular complexity index is 1010. The Balaban J connectivity index is 1.84. The van der Waals surface area contributed by atoms with Crippen LogP contribution in [0.5, 0.6) is 0 Å². The third kappa shape index (κ3) is 3.13. The minimum absolute atomic E-state index is 0.107. The first-order valence-electron chi connectivity index (χ1n) is 7.27. The molecule has 0 fully saturated rings. The molecule has 0 aliphatic rings. The third-order valence-corrected chi connectivity index (χ3v) is 4.71. The molecule has 24 heavy (non-hydrogen) atoms. The molecule has 8 heteroatoms. The van der Waals surface area contributed by atoms with Gasteiger partial charge in [-0.05, 0) is 37.3 Å². The fourth-order valence-corrected chi connectivity index (χ4v) is 3.03. The molecule has 2 aromatic heterocycles. The van der Waals surface area contributed by atoms with E-state index in [0.717, 1.165) is 6.26 Å². The lowest BCUT2D eigenvalue weighted by atomic mass is 10.2. The molecule has 0 saturated carbocycles. The fourth-order valence-electron chi connectivity index (χ4n) is 2.37. The Labute approximate surface area is 139 Å². The second-order valence-electron chi connectivity index (χ2n) is 5.48. The van der Waals surface area contributed by atoms with Crippen molar-refractivity contribution < 1.29 is 13.2 Å². The van der Waals surface area contributed by atoms with E-state index in [4.69, 9.17) is 0 Å². The molecule has 3 rings (SSSR count). The highest BCUT2D eigenvalue weighted by atomic mass is 32.2. The number of fused-ring (bicyclic) bond motifs is 1. The van der Waals surface area contributed by atoms with Crippen molar-refractivity contribution in [1.82, 2.24) is 19.9 Å². The van der Waals surface area contributed by atoms with E-state index in [1.54, 1.807) is 23.5 Å². The summed E-state index contributed by atoms with van der Waals surface area (Å²) >= 11 is 0. The van der Waals surface area contributed by atoms with Gasteiger partial charge >= 0.3 is 0 Å². The molecule has 1 unspecified atom stereocenters. The van der Waals surface area contributed by atoms with E-state index in [0.29, 0.717) is 11.5 Å². The summed E-state index contributed by atoms with van der Waals surface area (Å²) in [5.41, 5.74) is 0.964. The number of rotatable bonds is 4. The van der Waals surface area contributed by atoms with E-state index < -0.39 is 15.9 Å². The van der Waals surface area contributed by atoms with Crippen LogP contribution < -0.4 is 5.32 Å². The summed E-state index contributed by atoms with van der Waals surface area (Å²) in [7, 11) is -3.37. The van der Waals surface area contributed by atoms with Crippen molar-refractivity contribution in [3.05, 3.63) is 60.0 Å². The van der Waals surface area contributed by atoms with Crippen molar-refractivity contribution in [2.75, 3.05) is 6.26 Å². The zero-order chi connectivity index (χ0) is 17.3. The monoisotopic (exact) mass is 344 g/mol. The highest BCUT2D eigenvalue weighted by Crippen LogP contribution is 2.15. The maximum atomic E-state index is 12.4. The molecule has 0 spiro atoms. The molecule has 1 aromatic carbocycles. The zero-order valence-corrected chi connectivity index (χ0v) is 14.0. The summed E-state index contributed by atoms with van der Waals surface area (Å²) in [4.78, 5) is 12.5. The summed E-state index contributed by atoms with van der Waals surface area (Å²) in [6.45, 7) is 1.79. The van der Waals surface area contributed by atoms with Crippen LogP contribution in [0.3, 0.4) is 0 Å². The standard InChI is InChI=1S/C16H16N4O3S/c1-11(15-19-18-14-8-3-4-9-20(14)15)17-16(21)12-6-5-7-13(10-12)24(2,22)23/h3-11H,1-2H3,(H,17,21). The smallest absolute Gasteiger partial charge is 0.251 e. The number of hydrogen-bond donors (Lipinski definition) is 1. The first-order valence-corrected chi connectivity index (χ1v) is 9.16. The predicted octanol–water partition coefficient (Wildman–Crippen LogP) is 1.62. The van der Waals surface area contributed by atoms with Gasteiger partial charge in [-0.25, -0.2) is 8.42 Å². The quantitative estimate of drug-likeness (QED) is 0.776. The van der Waals surface area contributed by atoms with Crippen molar-refractivity contribution >= 4 is 21.4 Å². The Morgan fingerprint density at radius 2 is 1.96 bits per heavy atom. The molecule has 3 aromatic rings. The Hall–Kier alpha value is -2.74. The largest absolute Gasteiger partial charge is 0.342 e. The fraction of sp³-hybridized carbons (Fsp3) is 0.188. The molecule has 7 nitrogen and oxygen atoms in total. The number of carbonyl (C=O) groups is 1. The minimum atomic E-state index is -3.37. The van der Waals surface area contributed by atoms with Gasteiger partial charge in [0, 0.05) is 18.0 Å². The van der Waals surface area contributed by atoms with E-state index in [2.05, 4.69) is 15.5 Å². The highest BCUT2D eigenvalue weighted by Gasteiger charge is 2.17. The number of sulfone groups is 1. The number of nitrogens with zero attached hydrogens (tertiary/aromatic N) is 3. The van der Waals surface area contributed by atoms with Gasteiger partial charge in [-0.3, -0.25) is 9.20 Å².